The first-order valence-corrected chi connectivity index (χ1v) is 9.13. The van der Waals surface area contributed by atoms with Crippen LogP contribution in [0.1, 0.15) is 40.6 Å². The standard InChI is InChI=1S/C18H21FN8O/c1-11-9-13(19)3-4-15(11)27-10-14(23-25-27)17(28)22-18-21-16(24-26(18)2)12-5-7-20-8-6-12/h3-4,9-10,12,20H,5-8H2,1-2H3,(H,21,22,24,28). The smallest absolute Gasteiger partial charge is 0.280 e. The molecule has 10 heteroatoms. The van der Waals surface area contributed by atoms with Gasteiger partial charge in [0, 0.05) is 13.0 Å². The van der Waals surface area contributed by atoms with E-state index in [1.54, 1.807) is 24.7 Å². The van der Waals surface area contributed by atoms with Gasteiger partial charge in [0.25, 0.3) is 5.91 Å². The van der Waals surface area contributed by atoms with Crippen LogP contribution in [0.3, 0.4) is 0 Å². The molecule has 3 heterocycles. The van der Waals surface area contributed by atoms with Gasteiger partial charge in [0.1, 0.15) is 5.82 Å². The van der Waals surface area contributed by atoms with E-state index in [9.17, 15) is 9.18 Å². The molecule has 146 valence electrons. The summed E-state index contributed by atoms with van der Waals surface area (Å²) in [6, 6.07) is 4.33. The van der Waals surface area contributed by atoms with Gasteiger partial charge in [-0.15, -0.1) is 5.10 Å². The summed E-state index contributed by atoms with van der Waals surface area (Å²) in [7, 11) is 1.74. The Bertz CT molecular complexity index is 1000. The number of halogens is 1. The minimum absolute atomic E-state index is 0.134. The van der Waals surface area contributed by atoms with Gasteiger partial charge in [0.2, 0.25) is 5.95 Å². The lowest BCUT2D eigenvalue weighted by Crippen LogP contribution is -2.27. The molecular formula is C18H21FN8O. The molecule has 9 nitrogen and oxygen atoms in total. The predicted molar refractivity (Wildman–Crippen MR) is 99.9 cm³/mol. The van der Waals surface area contributed by atoms with Gasteiger partial charge >= 0.3 is 0 Å². The highest BCUT2D eigenvalue weighted by Crippen LogP contribution is 2.23. The molecule has 1 fully saturated rings. The van der Waals surface area contributed by atoms with Gasteiger partial charge in [-0.25, -0.2) is 13.8 Å². The van der Waals surface area contributed by atoms with Crippen molar-refractivity contribution >= 4 is 11.9 Å². The van der Waals surface area contributed by atoms with E-state index in [0.29, 0.717) is 23.1 Å². The first kappa shape index (κ1) is 18.2. The Hall–Kier alpha value is -3.14. The molecule has 1 saturated heterocycles. The Morgan fingerprint density at radius 1 is 1.32 bits per heavy atom. The Kier molecular flexibility index (Phi) is 4.86. The van der Waals surface area contributed by atoms with Crippen molar-refractivity contribution in [2.75, 3.05) is 18.4 Å². The third-order valence-electron chi connectivity index (χ3n) is 4.84. The normalized spacial score (nSPS) is 15.0. The third-order valence-corrected chi connectivity index (χ3v) is 4.84. The van der Waals surface area contributed by atoms with Gasteiger partial charge in [0.15, 0.2) is 11.5 Å². The van der Waals surface area contributed by atoms with Crippen molar-refractivity contribution in [1.29, 1.82) is 0 Å². The first-order valence-electron chi connectivity index (χ1n) is 9.13. The summed E-state index contributed by atoms with van der Waals surface area (Å²) in [6.45, 7) is 3.65. The molecule has 1 amide bonds. The number of aryl methyl sites for hydroxylation is 2. The molecule has 4 rings (SSSR count). The second-order valence-corrected chi connectivity index (χ2v) is 6.87. The Morgan fingerprint density at radius 2 is 2.11 bits per heavy atom. The number of hydrogen-bond donors (Lipinski definition) is 2. The molecule has 0 spiro atoms. The second-order valence-electron chi connectivity index (χ2n) is 6.87. The van der Waals surface area contributed by atoms with Crippen LogP contribution in [0.4, 0.5) is 10.3 Å². The summed E-state index contributed by atoms with van der Waals surface area (Å²) in [6.07, 6.45) is 3.45. The number of hydrogen-bond acceptors (Lipinski definition) is 6. The maximum absolute atomic E-state index is 13.3. The molecule has 0 aliphatic carbocycles. The third kappa shape index (κ3) is 3.63. The van der Waals surface area contributed by atoms with E-state index in [1.807, 2.05) is 0 Å². The molecule has 1 aromatic carbocycles. The number of rotatable bonds is 4. The fraction of sp³-hybridized carbons (Fsp3) is 0.389. The second kappa shape index (κ2) is 7.47. The number of aromatic nitrogens is 6. The largest absolute Gasteiger partial charge is 0.317 e. The van der Waals surface area contributed by atoms with Crippen LogP contribution in [0.2, 0.25) is 0 Å². The molecule has 0 radical (unpaired) electrons. The number of amides is 1. The Balaban J connectivity index is 1.50. The van der Waals surface area contributed by atoms with Crippen LogP contribution in [0.5, 0.6) is 0 Å². The lowest BCUT2D eigenvalue weighted by molar-refractivity contribution is 0.102. The number of carbonyl (C=O) groups excluding carboxylic acids is 1. The highest BCUT2D eigenvalue weighted by molar-refractivity contribution is 6.01. The van der Waals surface area contributed by atoms with Crippen LogP contribution in [0, 0.1) is 12.7 Å². The van der Waals surface area contributed by atoms with Crippen molar-refractivity contribution in [2.45, 2.75) is 25.7 Å². The molecule has 0 bridgehead atoms. The van der Waals surface area contributed by atoms with E-state index in [0.717, 1.165) is 31.8 Å². The molecular weight excluding hydrogens is 363 g/mol. The molecule has 0 unspecified atom stereocenters. The van der Waals surface area contributed by atoms with Crippen molar-refractivity contribution in [2.24, 2.45) is 7.05 Å². The fourth-order valence-electron chi connectivity index (χ4n) is 3.29. The molecule has 1 aliphatic rings. The highest BCUT2D eigenvalue weighted by Gasteiger charge is 2.22. The number of carbonyl (C=O) groups is 1. The van der Waals surface area contributed by atoms with E-state index in [4.69, 9.17) is 0 Å². The van der Waals surface area contributed by atoms with Crippen LogP contribution < -0.4 is 10.6 Å². The van der Waals surface area contributed by atoms with Gasteiger partial charge in [-0.3, -0.25) is 10.1 Å². The molecule has 0 atom stereocenters. The van der Waals surface area contributed by atoms with Crippen molar-refractivity contribution in [1.82, 2.24) is 35.1 Å². The van der Waals surface area contributed by atoms with Crippen LogP contribution in [-0.4, -0.2) is 48.8 Å². The highest BCUT2D eigenvalue weighted by atomic mass is 19.1. The van der Waals surface area contributed by atoms with Crippen LogP contribution in [-0.2, 0) is 7.05 Å². The Morgan fingerprint density at radius 3 is 2.86 bits per heavy atom. The number of nitrogens with zero attached hydrogens (tertiary/aromatic N) is 6. The summed E-state index contributed by atoms with van der Waals surface area (Å²) < 4.78 is 16.3. The van der Waals surface area contributed by atoms with Crippen LogP contribution in [0.15, 0.2) is 24.4 Å². The monoisotopic (exact) mass is 384 g/mol. The minimum Gasteiger partial charge on any atom is -0.317 e. The minimum atomic E-state index is -0.432. The zero-order valence-electron chi connectivity index (χ0n) is 15.7. The van der Waals surface area contributed by atoms with Gasteiger partial charge < -0.3 is 5.32 Å². The van der Waals surface area contributed by atoms with E-state index < -0.39 is 5.91 Å². The van der Waals surface area contributed by atoms with Crippen molar-refractivity contribution in [3.05, 3.63) is 47.3 Å². The molecule has 28 heavy (non-hydrogen) atoms. The average Bonchev–Trinajstić information content (AvgIpc) is 3.30. The maximum atomic E-state index is 13.3. The lowest BCUT2D eigenvalue weighted by Gasteiger charge is -2.19. The zero-order chi connectivity index (χ0) is 19.7. The van der Waals surface area contributed by atoms with Gasteiger partial charge in [-0.1, -0.05) is 5.21 Å². The summed E-state index contributed by atoms with van der Waals surface area (Å²) in [4.78, 5) is 17.0. The van der Waals surface area contributed by atoms with Crippen molar-refractivity contribution in [3.63, 3.8) is 0 Å². The zero-order valence-corrected chi connectivity index (χ0v) is 15.7. The molecule has 2 N–H and O–H groups in total. The summed E-state index contributed by atoms with van der Waals surface area (Å²) in [5, 5.41) is 18.4. The van der Waals surface area contributed by atoms with Crippen molar-refractivity contribution < 1.29 is 9.18 Å². The Labute approximate surface area is 161 Å². The van der Waals surface area contributed by atoms with Crippen LogP contribution >= 0.6 is 0 Å². The molecule has 0 saturated carbocycles. The summed E-state index contributed by atoms with van der Waals surface area (Å²) >= 11 is 0. The van der Waals surface area contributed by atoms with Crippen molar-refractivity contribution in [3.8, 4) is 5.69 Å². The fourth-order valence-corrected chi connectivity index (χ4v) is 3.29. The average molecular weight is 384 g/mol. The quantitative estimate of drug-likeness (QED) is 0.708. The predicted octanol–water partition coefficient (Wildman–Crippen LogP) is 1.56. The summed E-state index contributed by atoms with van der Waals surface area (Å²) in [5.41, 5.74) is 1.48. The SMILES string of the molecule is Cc1cc(F)ccc1-n1cc(C(=O)Nc2nc(C3CCNCC3)nn2C)nn1. The van der Waals surface area contributed by atoms with Crippen LogP contribution in [0.25, 0.3) is 5.69 Å². The topological polar surface area (TPSA) is 103 Å². The molecule has 1 aliphatic heterocycles. The molecule has 2 aromatic heterocycles. The number of nitrogens with one attached hydrogen (secondary N) is 2. The van der Waals surface area contributed by atoms with E-state index in [2.05, 4.69) is 31.0 Å². The van der Waals surface area contributed by atoms with E-state index in [1.165, 1.54) is 23.0 Å². The number of piperidine rings is 1. The lowest BCUT2D eigenvalue weighted by atomic mass is 9.98. The van der Waals surface area contributed by atoms with Gasteiger partial charge in [-0.2, -0.15) is 10.1 Å². The molecule has 3 aromatic rings. The number of anilines is 1. The van der Waals surface area contributed by atoms with E-state index >= 15 is 0 Å². The van der Waals surface area contributed by atoms with E-state index in [-0.39, 0.29) is 11.5 Å². The maximum Gasteiger partial charge on any atom is 0.280 e. The summed E-state index contributed by atoms with van der Waals surface area (Å²) in [5.74, 6) is 0.640. The van der Waals surface area contributed by atoms with Gasteiger partial charge in [-0.05, 0) is 56.6 Å². The van der Waals surface area contributed by atoms with Gasteiger partial charge in [0.05, 0.1) is 11.9 Å². The first-order chi connectivity index (χ1) is 13.5. The number of benzene rings is 1.